The molecule has 0 aliphatic rings. The molecule has 1 nitrogen and oxygen atoms in total. The first kappa shape index (κ1) is 9.54. The van der Waals surface area contributed by atoms with Crippen molar-refractivity contribution in [2.24, 2.45) is 5.73 Å². The molecule has 0 heterocycles. The topological polar surface area (TPSA) is 26.0 Å². The number of unbranched alkanes of at least 4 members (excludes halogenated alkanes) is 5. The maximum absolute atomic E-state index is 5.19. The summed E-state index contributed by atoms with van der Waals surface area (Å²) >= 11 is 0. The summed E-state index contributed by atoms with van der Waals surface area (Å²) in [4.78, 5) is 0. The van der Waals surface area contributed by atoms with Gasteiger partial charge in [-0.2, -0.15) is 0 Å². The third kappa shape index (κ3) is 7.54. The standard InChI is InChI=1S/C9H19N/c1-2-3-4-5-6-7-8-9-10/h8-9H,2-7,10H2,1H3/b9-8+. The lowest BCUT2D eigenvalue weighted by Gasteiger charge is -1.94. The monoisotopic (exact) mass is 141 g/mol. The van der Waals surface area contributed by atoms with Crippen molar-refractivity contribution in [3.05, 3.63) is 12.3 Å². The van der Waals surface area contributed by atoms with Gasteiger partial charge in [0.2, 0.25) is 0 Å². The lowest BCUT2D eigenvalue weighted by molar-refractivity contribution is 0.637. The zero-order valence-electron chi connectivity index (χ0n) is 6.97. The highest BCUT2D eigenvalue weighted by Crippen LogP contribution is 2.04. The number of hydrogen-bond acceptors (Lipinski definition) is 1. The van der Waals surface area contributed by atoms with Gasteiger partial charge in [0.1, 0.15) is 0 Å². The van der Waals surface area contributed by atoms with E-state index >= 15 is 0 Å². The van der Waals surface area contributed by atoms with Crippen molar-refractivity contribution in [3.63, 3.8) is 0 Å². The van der Waals surface area contributed by atoms with E-state index in [-0.39, 0.29) is 0 Å². The third-order valence-electron chi connectivity index (χ3n) is 1.61. The van der Waals surface area contributed by atoms with Crippen molar-refractivity contribution in [3.8, 4) is 0 Å². The van der Waals surface area contributed by atoms with Gasteiger partial charge in [0.25, 0.3) is 0 Å². The molecule has 0 amide bonds. The summed E-state index contributed by atoms with van der Waals surface area (Å²) in [6.45, 7) is 2.24. The van der Waals surface area contributed by atoms with Gasteiger partial charge in [0, 0.05) is 0 Å². The molecule has 0 saturated heterocycles. The predicted octanol–water partition coefficient (Wildman–Crippen LogP) is 2.82. The largest absolute Gasteiger partial charge is 0.405 e. The van der Waals surface area contributed by atoms with Crippen molar-refractivity contribution >= 4 is 0 Å². The summed E-state index contributed by atoms with van der Waals surface area (Å²) in [6, 6.07) is 0. The number of hydrogen-bond donors (Lipinski definition) is 1. The molecule has 0 aliphatic heterocycles. The van der Waals surface area contributed by atoms with E-state index in [0.29, 0.717) is 0 Å². The Morgan fingerprint density at radius 2 is 1.80 bits per heavy atom. The van der Waals surface area contributed by atoms with Crippen LogP contribution in [0.25, 0.3) is 0 Å². The third-order valence-corrected chi connectivity index (χ3v) is 1.61. The number of nitrogens with two attached hydrogens (primary N) is 1. The highest BCUT2D eigenvalue weighted by Gasteiger charge is 1.85. The molecule has 0 spiro atoms. The van der Waals surface area contributed by atoms with Crippen molar-refractivity contribution < 1.29 is 0 Å². The van der Waals surface area contributed by atoms with E-state index in [1.165, 1.54) is 32.1 Å². The molecule has 0 aromatic carbocycles. The molecule has 0 aliphatic carbocycles. The summed E-state index contributed by atoms with van der Waals surface area (Å²) in [5.74, 6) is 0. The smallest absolute Gasteiger partial charge is 0.0103 e. The fourth-order valence-corrected chi connectivity index (χ4v) is 0.962. The van der Waals surface area contributed by atoms with Gasteiger partial charge in [0.15, 0.2) is 0 Å². The van der Waals surface area contributed by atoms with E-state index < -0.39 is 0 Å². The minimum atomic E-state index is 1.15. The van der Waals surface area contributed by atoms with Crippen LogP contribution in [0.2, 0.25) is 0 Å². The van der Waals surface area contributed by atoms with Crippen LogP contribution >= 0.6 is 0 Å². The zero-order valence-corrected chi connectivity index (χ0v) is 6.97. The summed E-state index contributed by atoms with van der Waals surface area (Å²) in [5, 5.41) is 0. The molecule has 2 N–H and O–H groups in total. The quantitative estimate of drug-likeness (QED) is 0.565. The molecule has 0 rings (SSSR count). The van der Waals surface area contributed by atoms with Crippen LogP contribution in [0.1, 0.15) is 45.4 Å². The Morgan fingerprint density at radius 3 is 2.40 bits per heavy atom. The molecule has 60 valence electrons. The Bertz CT molecular complexity index is 76.8. The van der Waals surface area contributed by atoms with Crippen molar-refractivity contribution in [1.82, 2.24) is 0 Å². The molecule has 0 unspecified atom stereocenters. The second-order valence-corrected chi connectivity index (χ2v) is 2.63. The van der Waals surface area contributed by atoms with Gasteiger partial charge < -0.3 is 5.73 Å². The first-order valence-corrected chi connectivity index (χ1v) is 4.28. The SMILES string of the molecule is CCCCCCC/C=C/N. The van der Waals surface area contributed by atoms with Crippen LogP contribution in [0.3, 0.4) is 0 Å². The lowest BCUT2D eigenvalue weighted by atomic mass is 10.1. The highest BCUT2D eigenvalue weighted by molar-refractivity contribution is 4.74. The Labute approximate surface area is 64.3 Å². The fourth-order valence-electron chi connectivity index (χ4n) is 0.962. The normalized spacial score (nSPS) is 10.9. The average molecular weight is 141 g/mol. The Hall–Kier alpha value is -0.460. The van der Waals surface area contributed by atoms with Crippen LogP contribution < -0.4 is 5.73 Å². The Kier molecular flexibility index (Phi) is 8.15. The molecule has 0 aromatic rings. The van der Waals surface area contributed by atoms with Gasteiger partial charge in [0.05, 0.1) is 0 Å². The van der Waals surface area contributed by atoms with E-state index in [4.69, 9.17) is 5.73 Å². The van der Waals surface area contributed by atoms with E-state index in [0.717, 1.165) is 6.42 Å². The first-order valence-electron chi connectivity index (χ1n) is 4.28. The van der Waals surface area contributed by atoms with Gasteiger partial charge >= 0.3 is 0 Å². The van der Waals surface area contributed by atoms with E-state index in [1.807, 2.05) is 6.08 Å². The number of rotatable bonds is 6. The predicted molar refractivity (Wildman–Crippen MR) is 46.7 cm³/mol. The van der Waals surface area contributed by atoms with Crippen molar-refractivity contribution in [1.29, 1.82) is 0 Å². The van der Waals surface area contributed by atoms with Crippen LogP contribution in [0.15, 0.2) is 12.3 Å². The molecule has 0 aromatic heterocycles. The minimum Gasteiger partial charge on any atom is -0.405 e. The maximum atomic E-state index is 5.19. The lowest BCUT2D eigenvalue weighted by Crippen LogP contribution is -1.78. The van der Waals surface area contributed by atoms with Crippen LogP contribution in [-0.4, -0.2) is 0 Å². The van der Waals surface area contributed by atoms with Crippen LogP contribution in [-0.2, 0) is 0 Å². The van der Waals surface area contributed by atoms with E-state index in [1.54, 1.807) is 6.20 Å². The molecule has 0 bridgehead atoms. The van der Waals surface area contributed by atoms with E-state index in [2.05, 4.69) is 6.92 Å². The number of allylic oxidation sites excluding steroid dienone is 1. The maximum Gasteiger partial charge on any atom is -0.0103 e. The molecular weight excluding hydrogens is 122 g/mol. The summed E-state index contributed by atoms with van der Waals surface area (Å²) < 4.78 is 0. The Morgan fingerprint density at radius 1 is 1.10 bits per heavy atom. The summed E-state index contributed by atoms with van der Waals surface area (Å²) in [7, 11) is 0. The zero-order chi connectivity index (χ0) is 7.66. The minimum absolute atomic E-state index is 1.15. The van der Waals surface area contributed by atoms with Crippen molar-refractivity contribution in [2.75, 3.05) is 0 Å². The van der Waals surface area contributed by atoms with Gasteiger partial charge in [-0.25, -0.2) is 0 Å². The van der Waals surface area contributed by atoms with Gasteiger partial charge in [-0.1, -0.05) is 38.7 Å². The van der Waals surface area contributed by atoms with Gasteiger partial charge in [-0.05, 0) is 19.0 Å². The molecule has 0 radical (unpaired) electrons. The second kappa shape index (κ2) is 8.54. The van der Waals surface area contributed by atoms with Gasteiger partial charge in [-0.3, -0.25) is 0 Å². The summed E-state index contributed by atoms with van der Waals surface area (Å²) in [6.07, 6.45) is 11.6. The molecule has 0 atom stereocenters. The molecule has 0 saturated carbocycles. The molecular formula is C9H19N. The highest BCUT2D eigenvalue weighted by atomic mass is 14.5. The van der Waals surface area contributed by atoms with Crippen LogP contribution in [0.4, 0.5) is 0 Å². The molecule has 10 heavy (non-hydrogen) atoms. The van der Waals surface area contributed by atoms with Crippen LogP contribution in [0, 0.1) is 0 Å². The fraction of sp³-hybridized carbons (Fsp3) is 0.778. The van der Waals surface area contributed by atoms with Gasteiger partial charge in [-0.15, -0.1) is 0 Å². The Balaban J connectivity index is 2.77. The average Bonchev–Trinajstić information content (AvgIpc) is 1.97. The first-order chi connectivity index (χ1) is 4.91. The second-order valence-electron chi connectivity index (χ2n) is 2.63. The molecule has 1 heteroatoms. The van der Waals surface area contributed by atoms with Crippen molar-refractivity contribution in [2.45, 2.75) is 45.4 Å². The molecule has 0 fully saturated rings. The summed E-state index contributed by atoms with van der Waals surface area (Å²) in [5.41, 5.74) is 5.19. The van der Waals surface area contributed by atoms with Crippen LogP contribution in [0.5, 0.6) is 0 Å². The van der Waals surface area contributed by atoms with E-state index in [9.17, 15) is 0 Å².